The summed E-state index contributed by atoms with van der Waals surface area (Å²) in [5, 5.41) is 34.8. The van der Waals surface area contributed by atoms with Gasteiger partial charge in [-0.25, -0.2) is 4.79 Å². The Morgan fingerprint density at radius 2 is 2.00 bits per heavy atom. The third kappa shape index (κ3) is 5.03. The predicted octanol–water partition coefficient (Wildman–Crippen LogP) is -0.386. The topological polar surface area (TPSA) is 154 Å². The van der Waals surface area contributed by atoms with Crippen LogP contribution in [0.4, 0.5) is 0 Å². The number of nitrogens with two attached hydrogens (primary N) is 1. The van der Waals surface area contributed by atoms with Gasteiger partial charge in [-0.2, -0.15) is 12.6 Å². The Labute approximate surface area is 120 Å². The van der Waals surface area contributed by atoms with Gasteiger partial charge < -0.3 is 26.2 Å². The summed E-state index contributed by atoms with van der Waals surface area (Å²) in [4.78, 5) is 24.1. The molecule has 0 aliphatic rings. The normalized spacial score (nSPS) is 11.2. The molecule has 112 valence electrons. The maximum atomic E-state index is 10.7. The van der Waals surface area contributed by atoms with Crippen LogP contribution in [0.1, 0.15) is 21.6 Å². The molecular formula is C11H16N2O6S. The fourth-order valence-electron chi connectivity index (χ4n) is 1.07. The number of thiol groups is 1. The highest BCUT2D eigenvalue weighted by Gasteiger charge is 2.17. The fraction of sp³-hybridized carbons (Fsp3) is 0.364. The molecule has 0 saturated heterocycles. The Hall–Kier alpha value is -1.84. The molecule has 1 atom stereocenters. The van der Waals surface area contributed by atoms with E-state index in [1.807, 2.05) is 0 Å². The van der Waals surface area contributed by atoms with Gasteiger partial charge in [-0.05, 0) is 6.92 Å². The molecule has 0 radical (unpaired) electrons. The average molecular weight is 304 g/mol. The number of carboxylic acids is 2. The van der Waals surface area contributed by atoms with E-state index in [1.165, 1.54) is 13.1 Å². The van der Waals surface area contributed by atoms with Crippen molar-refractivity contribution in [2.45, 2.75) is 19.6 Å². The molecule has 0 aromatic carbocycles. The minimum atomic E-state index is -1.27. The smallest absolute Gasteiger partial charge is 0.339 e. The van der Waals surface area contributed by atoms with E-state index in [2.05, 4.69) is 17.6 Å². The summed E-state index contributed by atoms with van der Waals surface area (Å²) in [7, 11) is 0. The molecule has 1 aromatic heterocycles. The van der Waals surface area contributed by atoms with Crippen LogP contribution in [-0.4, -0.2) is 49.1 Å². The number of aliphatic hydroxyl groups is 1. The average Bonchev–Trinajstić information content (AvgIpc) is 2.40. The quantitative estimate of drug-likeness (QED) is 0.411. The van der Waals surface area contributed by atoms with Crippen LogP contribution in [0.5, 0.6) is 5.75 Å². The first kappa shape index (κ1) is 18.2. The second-order valence-corrected chi connectivity index (χ2v) is 4.05. The molecule has 0 fully saturated rings. The first-order chi connectivity index (χ1) is 9.26. The summed E-state index contributed by atoms with van der Waals surface area (Å²) in [6, 6.07) is -0.816. The summed E-state index contributed by atoms with van der Waals surface area (Å²) in [6.45, 7) is 1.03. The Balaban J connectivity index is 0.000000441. The summed E-state index contributed by atoms with van der Waals surface area (Å²) in [5.74, 6) is -2.48. The number of carboxylic acid groups (broad SMARTS) is 2. The lowest BCUT2D eigenvalue weighted by Gasteiger charge is -2.06. The number of carbonyl (C=O) groups is 2. The number of rotatable bonds is 4. The molecule has 1 rings (SSSR count). The largest absolute Gasteiger partial charge is 0.505 e. The van der Waals surface area contributed by atoms with E-state index in [0.717, 1.165) is 0 Å². The summed E-state index contributed by atoms with van der Waals surface area (Å²) >= 11 is 3.65. The van der Waals surface area contributed by atoms with Crippen molar-refractivity contribution in [2.24, 2.45) is 5.73 Å². The zero-order chi connectivity index (χ0) is 15.9. The molecule has 0 aliphatic heterocycles. The zero-order valence-corrected chi connectivity index (χ0v) is 11.5. The molecule has 1 heterocycles. The van der Waals surface area contributed by atoms with E-state index in [9.17, 15) is 14.7 Å². The minimum Gasteiger partial charge on any atom is -0.505 e. The Morgan fingerprint density at radius 3 is 2.30 bits per heavy atom. The van der Waals surface area contributed by atoms with Crippen LogP contribution in [0.25, 0.3) is 0 Å². The van der Waals surface area contributed by atoms with E-state index in [0.29, 0.717) is 0 Å². The van der Waals surface area contributed by atoms with Gasteiger partial charge in [0.2, 0.25) is 0 Å². The first-order valence-corrected chi connectivity index (χ1v) is 6.00. The van der Waals surface area contributed by atoms with Crippen molar-refractivity contribution in [1.29, 1.82) is 0 Å². The van der Waals surface area contributed by atoms with Gasteiger partial charge in [0.25, 0.3) is 0 Å². The van der Waals surface area contributed by atoms with Gasteiger partial charge in [0.1, 0.15) is 11.6 Å². The van der Waals surface area contributed by atoms with E-state index in [1.54, 1.807) is 0 Å². The molecule has 9 heteroatoms. The number of aromatic hydroxyl groups is 1. The van der Waals surface area contributed by atoms with Gasteiger partial charge in [-0.3, -0.25) is 9.78 Å². The second kappa shape index (κ2) is 8.35. The van der Waals surface area contributed by atoms with Crippen LogP contribution in [0.3, 0.4) is 0 Å². The molecule has 0 unspecified atom stereocenters. The van der Waals surface area contributed by atoms with E-state index >= 15 is 0 Å². The van der Waals surface area contributed by atoms with Gasteiger partial charge in [0.05, 0.1) is 12.3 Å². The zero-order valence-electron chi connectivity index (χ0n) is 10.6. The highest BCUT2D eigenvalue weighted by atomic mass is 32.1. The summed E-state index contributed by atoms with van der Waals surface area (Å²) in [6.07, 6.45) is 1.23. The van der Waals surface area contributed by atoms with E-state index in [4.69, 9.17) is 21.1 Å². The third-order valence-corrected chi connectivity index (χ3v) is 2.61. The fourth-order valence-corrected chi connectivity index (χ4v) is 1.23. The van der Waals surface area contributed by atoms with Crippen molar-refractivity contribution in [3.63, 3.8) is 0 Å². The van der Waals surface area contributed by atoms with Crippen LogP contribution in [0.2, 0.25) is 0 Å². The molecule has 0 spiro atoms. The van der Waals surface area contributed by atoms with Crippen molar-refractivity contribution in [3.05, 3.63) is 23.0 Å². The van der Waals surface area contributed by atoms with Gasteiger partial charge >= 0.3 is 11.9 Å². The lowest BCUT2D eigenvalue weighted by atomic mass is 10.1. The molecule has 20 heavy (non-hydrogen) atoms. The highest BCUT2D eigenvalue weighted by Crippen LogP contribution is 2.23. The molecule has 0 bridgehead atoms. The van der Waals surface area contributed by atoms with Crippen LogP contribution < -0.4 is 5.73 Å². The Morgan fingerprint density at radius 1 is 1.45 bits per heavy atom. The van der Waals surface area contributed by atoms with E-state index < -0.39 is 24.6 Å². The standard InChI is InChI=1S/C8H9NO4.C3H7NO2S/c1-4-7(11)6(8(12)13)5(3-10)2-9-4;4-2(1-7)3(5)6/h2,10-11H,3H2,1H3,(H,12,13);2,7H,1,4H2,(H,5,6)/t;2-/m.0/s1. The first-order valence-electron chi connectivity index (χ1n) is 5.37. The number of nitrogens with zero attached hydrogens (tertiary/aromatic N) is 1. The number of aromatic carboxylic acids is 1. The molecule has 6 N–H and O–H groups in total. The number of aliphatic carboxylic acids is 1. The Bertz CT molecular complexity index is 494. The highest BCUT2D eigenvalue weighted by molar-refractivity contribution is 7.80. The maximum Gasteiger partial charge on any atom is 0.339 e. The second-order valence-electron chi connectivity index (χ2n) is 3.68. The molecular weight excluding hydrogens is 288 g/mol. The molecule has 8 nitrogen and oxygen atoms in total. The van der Waals surface area contributed by atoms with Gasteiger partial charge in [0.15, 0.2) is 5.75 Å². The third-order valence-electron chi connectivity index (χ3n) is 2.21. The molecule has 1 aromatic rings. The lowest BCUT2D eigenvalue weighted by Crippen LogP contribution is -2.31. The van der Waals surface area contributed by atoms with Crippen LogP contribution in [-0.2, 0) is 11.4 Å². The number of hydrogen-bond donors (Lipinski definition) is 6. The van der Waals surface area contributed by atoms with Gasteiger partial charge in [0, 0.05) is 17.5 Å². The minimum absolute atomic E-state index is 0.107. The SMILES string of the molecule is Cc1ncc(CO)c(C(=O)O)c1O.N[C@@H](CS)C(=O)O. The van der Waals surface area contributed by atoms with Crippen molar-refractivity contribution < 1.29 is 30.0 Å². The lowest BCUT2D eigenvalue weighted by molar-refractivity contribution is -0.137. The van der Waals surface area contributed by atoms with Crippen LogP contribution in [0, 0.1) is 6.92 Å². The molecule has 0 aliphatic carbocycles. The van der Waals surface area contributed by atoms with Crippen LogP contribution in [0.15, 0.2) is 6.20 Å². The number of aliphatic hydroxyl groups excluding tert-OH is 1. The Kier molecular flexibility index (Phi) is 7.59. The summed E-state index contributed by atoms with van der Waals surface area (Å²) in [5.41, 5.74) is 5.00. The van der Waals surface area contributed by atoms with Crippen molar-refractivity contribution in [1.82, 2.24) is 4.98 Å². The van der Waals surface area contributed by atoms with Crippen molar-refractivity contribution in [3.8, 4) is 5.75 Å². The molecule has 0 amide bonds. The monoisotopic (exact) mass is 304 g/mol. The van der Waals surface area contributed by atoms with Crippen LogP contribution >= 0.6 is 12.6 Å². The van der Waals surface area contributed by atoms with Crippen molar-refractivity contribution >= 4 is 24.6 Å². The van der Waals surface area contributed by atoms with Gasteiger partial charge in [-0.15, -0.1) is 0 Å². The van der Waals surface area contributed by atoms with Crippen molar-refractivity contribution in [2.75, 3.05) is 5.75 Å². The number of hydrogen-bond acceptors (Lipinski definition) is 7. The van der Waals surface area contributed by atoms with E-state index in [-0.39, 0.29) is 28.3 Å². The summed E-state index contributed by atoms with van der Waals surface area (Å²) < 4.78 is 0. The predicted molar refractivity (Wildman–Crippen MR) is 73.0 cm³/mol. The molecule has 0 saturated carbocycles. The van der Waals surface area contributed by atoms with Gasteiger partial charge in [-0.1, -0.05) is 0 Å². The maximum absolute atomic E-state index is 10.7. The number of aryl methyl sites for hydroxylation is 1. The number of aromatic nitrogens is 1. The number of pyridine rings is 1.